The van der Waals surface area contributed by atoms with E-state index in [2.05, 4.69) is 4.98 Å². The largest absolute Gasteiger partial charge is 2.00 e. The molecule has 0 atom stereocenters. The molecule has 0 aliphatic rings. The van der Waals surface area contributed by atoms with Crippen molar-refractivity contribution >= 4 is 12.9 Å². The van der Waals surface area contributed by atoms with Gasteiger partial charge in [-0.1, -0.05) is 6.07 Å². The number of rotatable bonds is 0. The summed E-state index contributed by atoms with van der Waals surface area (Å²) in [5.74, 6) is 0. The molecule has 0 aliphatic carbocycles. The maximum absolute atomic E-state index is 8.25. The molecule has 6 nitrogen and oxygen atoms in total. The quantitative estimate of drug-likeness (QED) is 0.521. The molecule has 0 bridgehead atoms. The number of hydrogen-bond acceptors (Lipinski definition) is 6. The molecule has 0 amide bonds. The van der Waals surface area contributed by atoms with Crippen LogP contribution in [0.5, 0.6) is 0 Å². The van der Waals surface area contributed by atoms with E-state index in [-0.39, 0.29) is 27.2 Å². The first-order valence-electron chi connectivity index (χ1n) is 3.21. The molecule has 0 spiro atoms. The van der Waals surface area contributed by atoms with E-state index in [1.807, 2.05) is 25.1 Å². The summed E-state index contributed by atoms with van der Waals surface area (Å²) >= 11 is 0. The predicted octanol–water partition coefficient (Wildman–Crippen LogP) is -1.72. The third kappa shape index (κ3) is 32.4. The molecule has 0 unspecified atom stereocenters. The second kappa shape index (κ2) is 23.0. The van der Waals surface area contributed by atoms with Crippen LogP contribution in [-0.4, -0.2) is 17.9 Å². The van der Waals surface area contributed by atoms with Gasteiger partial charge in [-0.15, -0.1) is 0 Å². The van der Waals surface area contributed by atoms with Crippen LogP contribution in [0.15, 0.2) is 24.4 Å². The SMILES string of the molecule is Cc1ccccn1.N.O=C[O-].O=C[O-].[Pt+2]. The zero-order chi connectivity index (χ0) is 10.5. The molecule has 15 heavy (non-hydrogen) atoms. The predicted molar refractivity (Wildman–Crippen MR) is 46.1 cm³/mol. The van der Waals surface area contributed by atoms with E-state index in [0.29, 0.717) is 0 Å². The molecular weight excluding hydrogens is 383 g/mol. The fraction of sp³-hybridized carbons (Fsp3) is 0.125. The molecule has 1 heterocycles. The van der Waals surface area contributed by atoms with Gasteiger partial charge >= 0.3 is 21.1 Å². The van der Waals surface area contributed by atoms with Gasteiger partial charge in [-0.05, 0) is 19.1 Å². The third-order valence-corrected chi connectivity index (χ3v) is 0.813. The minimum atomic E-state index is -0.500. The summed E-state index contributed by atoms with van der Waals surface area (Å²) in [6, 6.07) is 5.86. The summed E-state index contributed by atoms with van der Waals surface area (Å²) < 4.78 is 0. The smallest absolute Gasteiger partial charge is 0.554 e. The van der Waals surface area contributed by atoms with Gasteiger partial charge in [-0.25, -0.2) is 0 Å². The van der Waals surface area contributed by atoms with Crippen LogP contribution in [0.25, 0.3) is 0 Å². The standard InChI is InChI=1S/C6H7N.2CH2O2.H3N.Pt/c1-6-4-2-3-5-7-6;2*2-1-3;;/h2-5H,1H3;2*1H,(H,2,3);1H3;/q;;;;+2/p-2. The normalized spacial score (nSPS) is 5.67. The Hall–Kier alpha value is -1.26. The summed E-state index contributed by atoms with van der Waals surface area (Å²) in [5, 5.41) is 16.5. The van der Waals surface area contributed by atoms with E-state index in [4.69, 9.17) is 19.8 Å². The van der Waals surface area contributed by atoms with E-state index in [9.17, 15) is 0 Å². The van der Waals surface area contributed by atoms with Crippen molar-refractivity contribution in [2.45, 2.75) is 6.92 Å². The van der Waals surface area contributed by atoms with Gasteiger partial charge in [0.2, 0.25) is 0 Å². The summed E-state index contributed by atoms with van der Waals surface area (Å²) in [6.07, 6.45) is 1.79. The van der Waals surface area contributed by atoms with Gasteiger partial charge in [-0.2, -0.15) is 0 Å². The maximum Gasteiger partial charge on any atom is 2.00 e. The van der Waals surface area contributed by atoms with Crippen LogP contribution in [-0.2, 0) is 30.7 Å². The monoisotopic (exact) mass is 395 g/mol. The Kier molecular flexibility index (Phi) is 36.0. The topological polar surface area (TPSA) is 128 Å². The Labute approximate surface area is 102 Å². The summed E-state index contributed by atoms with van der Waals surface area (Å²) in [4.78, 5) is 20.5. The Morgan fingerprint density at radius 2 is 1.60 bits per heavy atom. The number of carboxylic acid groups (broad SMARTS) is 2. The van der Waals surface area contributed by atoms with E-state index < -0.39 is 12.9 Å². The van der Waals surface area contributed by atoms with E-state index in [0.717, 1.165) is 5.69 Å². The van der Waals surface area contributed by atoms with Crippen molar-refractivity contribution in [1.82, 2.24) is 11.1 Å². The average Bonchev–Trinajstić information content (AvgIpc) is 2.08. The molecular formula is C8H12N2O4Pt. The van der Waals surface area contributed by atoms with Crippen molar-refractivity contribution in [3.8, 4) is 0 Å². The fourth-order valence-corrected chi connectivity index (χ4v) is 0.448. The van der Waals surface area contributed by atoms with E-state index in [1.165, 1.54) is 0 Å². The molecule has 7 heteroatoms. The Morgan fingerprint density at radius 3 is 1.73 bits per heavy atom. The molecule has 1 aromatic heterocycles. The van der Waals surface area contributed by atoms with Crippen LogP contribution >= 0.6 is 0 Å². The minimum Gasteiger partial charge on any atom is -0.554 e. The van der Waals surface area contributed by atoms with Gasteiger partial charge in [0, 0.05) is 24.8 Å². The third-order valence-electron chi connectivity index (χ3n) is 0.813. The molecule has 0 fully saturated rings. The summed E-state index contributed by atoms with van der Waals surface area (Å²) in [7, 11) is 0. The van der Waals surface area contributed by atoms with Gasteiger partial charge in [-0.3, -0.25) is 4.98 Å². The van der Waals surface area contributed by atoms with Gasteiger partial charge < -0.3 is 26.0 Å². The van der Waals surface area contributed by atoms with Crippen LogP contribution in [0, 0.1) is 6.92 Å². The number of aryl methyl sites for hydroxylation is 1. The number of nitrogens with zero attached hydrogens (tertiary/aromatic N) is 1. The number of aromatic nitrogens is 1. The molecule has 3 N–H and O–H groups in total. The maximum atomic E-state index is 8.25. The first-order chi connectivity index (χ1) is 6.22. The first kappa shape index (κ1) is 23.5. The van der Waals surface area contributed by atoms with Gasteiger partial charge in [0.05, 0.1) is 0 Å². The van der Waals surface area contributed by atoms with Crippen LogP contribution < -0.4 is 16.4 Å². The number of carbonyl (C=O) groups excluding carboxylic acids is 2. The minimum absolute atomic E-state index is 0. The molecule has 88 valence electrons. The van der Waals surface area contributed by atoms with Crippen molar-refractivity contribution in [3.63, 3.8) is 0 Å². The van der Waals surface area contributed by atoms with Crippen molar-refractivity contribution in [2.75, 3.05) is 0 Å². The van der Waals surface area contributed by atoms with Crippen molar-refractivity contribution < 1.29 is 40.9 Å². The van der Waals surface area contributed by atoms with Crippen molar-refractivity contribution in [2.24, 2.45) is 0 Å². The van der Waals surface area contributed by atoms with Crippen LogP contribution in [0.1, 0.15) is 5.69 Å². The van der Waals surface area contributed by atoms with Gasteiger partial charge in [0.25, 0.3) is 0 Å². The average molecular weight is 395 g/mol. The fourth-order valence-electron chi connectivity index (χ4n) is 0.448. The zero-order valence-electron chi connectivity index (χ0n) is 8.07. The van der Waals surface area contributed by atoms with E-state index >= 15 is 0 Å². The molecule has 1 aromatic rings. The molecule has 0 aliphatic heterocycles. The molecule has 0 saturated heterocycles. The van der Waals surface area contributed by atoms with E-state index in [1.54, 1.807) is 6.20 Å². The number of hydrogen-bond donors (Lipinski definition) is 1. The zero-order valence-corrected chi connectivity index (χ0v) is 10.3. The Balaban J connectivity index is -0.0000000665. The first-order valence-corrected chi connectivity index (χ1v) is 3.21. The van der Waals surface area contributed by atoms with Crippen molar-refractivity contribution in [3.05, 3.63) is 30.1 Å². The second-order valence-corrected chi connectivity index (χ2v) is 1.66. The molecule has 0 radical (unpaired) electrons. The second-order valence-electron chi connectivity index (χ2n) is 1.66. The Morgan fingerprint density at radius 1 is 1.20 bits per heavy atom. The molecule has 0 saturated carbocycles. The van der Waals surface area contributed by atoms with Crippen LogP contribution in [0.2, 0.25) is 0 Å². The molecule has 1 rings (SSSR count). The number of carbonyl (C=O) groups is 2. The van der Waals surface area contributed by atoms with Crippen molar-refractivity contribution in [1.29, 1.82) is 0 Å². The Bertz CT molecular complexity index is 215. The van der Waals surface area contributed by atoms with Crippen LogP contribution in [0.4, 0.5) is 0 Å². The van der Waals surface area contributed by atoms with Gasteiger partial charge in [0.15, 0.2) is 0 Å². The van der Waals surface area contributed by atoms with Crippen LogP contribution in [0.3, 0.4) is 0 Å². The molecule has 0 aromatic carbocycles. The summed E-state index contributed by atoms with van der Waals surface area (Å²) in [5.41, 5.74) is 1.07. The van der Waals surface area contributed by atoms with Gasteiger partial charge in [0.1, 0.15) is 0 Å². The summed E-state index contributed by atoms with van der Waals surface area (Å²) in [6.45, 7) is 0.972. The number of pyridine rings is 1.